The number of piperidine rings is 1. The van der Waals surface area contributed by atoms with Gasteiger partial charge in [-0.2, -0.15) is 0 Å². The minimum Gasteiger partial charge on any atom is -0.497 e. The van der Waals surface area contributed by atoms with Crippen molar-refractivity contribution >= 4 is 18.0 Å². The molecule has 0 saturated carbocycles. The first-order valence-corrected chi connectivity index (χ1v) is 12.7. The van der Waals surface area contributed by atoms with Crippen molar-refractivity contribution < 1.29 is 14.3 Å². The standard InChI is InChI=1S/C27H36N2O3S/c1-19-8-12-23(13-9-19)33-29(25-15-10-20-17-22(31-5)11-14-24(20)25)21-7-6-16-28(18-21)26(30)32-27(2,3)4/h8-9,11-14,17,21,25H,6-7,10,15-16,18H2,1-5H3. The van der Waals surface area contributed by atoms with E-state index < -0.39 is 5.60 Å². The van der Waals surface area contributed by atoms with Crippen LogP contribution in [0, 0.1) is 6.92 Å². The van der Waals surface area contributed by atoms with Crippen LogP contribution in [0.15, 0.2) is 47.4 Å². The molecular weight excluding hydrogens is 432 g/mol. The molecule has 6 heteroatoms. The van der Waals surface area contributed by atoms with Gasteiger partial charge >= 0.3 is 6.09 Å². The number of hydrogen-bond acceptors (Lipinski definition) is 5. The molecule has 0 radical (unpaired) electrons. The topological polar surface area (TPSA) is 42.0 Å². The van der Waals surface area contributed by atoms with E-state index in [1.807, 2.05) is 37.6 Å². The summed E-state index contributed by atoms with van der Waals surface area (Å²) in [5, 5.41) is 0. The van der Waals surface area contributed by atoms with Gasteiger partial charge in [0.1, 0.15) is 11.4 Å². The quantitative estimate of drug-likeness (QED) is 0.475. The second-order valence-corrected chi connectivity index (χ2v) is 11.2. The van der Waals surface area contributed by atoms with E-state index in [1.165, 1.54) is 21.6 Å². The Morgan fingerprint density at radius 3 is 2.58 bits per heavy atom. The van der Waals surface area contributed by atoms with Crippen molar-refractivity contribution in [3.05, 3.63) is 59.2 Å². The van der Waals surface area contributed by atoms with Gasteiger partial charge in [-0.15, -0.1) is 0 Å². The van der Waals surface area contributed by atoms with Crippen molar-refractivity contribution in [1.82, 2.24) is 9.21 Å². The van der Waals surface area contributed by atoms with Crippen molar-refractivity contribution in [3.63, 3.8) is 0 Å². The van der Waals surface area contributed by atoms with E-state index in [0.29, 0.717) is 12.6 Å². The fraction of sp³-hybridized carbons (Fsp3) is 0.519. The van der Waals surface area contributed by atoms with Crippen molar-refractivity contribution in [2.24, 2.45) is 0 Å². The van der Waals surface area contributed by atoms with Crippen molar-refractivity contribution in [2.45, 2.75) is 76.0 Å². The Bertz CT molecular complexity index is 970. The molecular formula is C27H36N2O3S. The van der Waals surface area contributed by atoms with Gasteiger partial charge in [-0.3, -0.25) is 0 Å². The number of amides is 1. The summed E-state index contributed by atoms with van der Waals surface area (Å²) in [7, 11) is 1.72. The first-order valence-electron chi connectivity index (χ1n) is 11.9. The van der Waals surface area contributed by atoms with Gasteiger partial charge in [-0.1, -0.05) is 23.8 Å². The van der Waals surface area contributed by atoms with E-state index in [1.54, 1.807) is 7.11 Å². The van der Waals surface area contributed by atoms with Crippen LogP contribution in [-0.4, -0.2) is 47.1 Å². The summed E-state index contributed by atoms with van der Waals surface area (Å²) in [4.78, 5) is 16.0. The molecule has 4 rings (SSSR count). The molecule has 0 N–H and O–H groups in total. The number of nitrogens with zero attached hydrogens (tertiary/aromatic N) is 2. The fourth-order valence-electron chi connectivity index (χ4n) is 4.73. The highest BCUT2D eigenvalue weighted by Gasteiger charge is 2.37. The van der Waals surface area contributed by atoms with Gasteiger partial charge in [-0.05, 0) is 101 Å². The zero-order valence-electron chi connectivity index (χ0n) is 20.5. The Morgan fingerprint density at radius 1 is 1.12 bits per heavy atom. The lowest BCUT2D eigenvalue weighted by Crippen LogP contribution is -2.49. The third kappa shape index (κ3) is 5.85. The first kappa shape index (κ1) is 24.0. The summed E-state index contributed by atoms with van der Waals surface area (Å²) in [6.07, 6.45) is 3.97. The van der Waals surface area contributed by atoms with Crippen molar-refractivity contribution in [2.75, 3.05) is 20.2 Å². The fourth-order valence-corrected chi connectivity index (χ4v) is 5.90. The van der Waals surface area contributed by atoms with E-state index in [9.17, 15) is 4.79 Å². The minimum absolute atomic E-state index is 0.205. The Balaban J connectivity index is 1.60. The van der Waals surface area contributed by atoms with Gasteiger partial charge < -0.3 is 14.4 Å². The molecule has 2 atom stereocenters. The highest BCUT2D eigenvalue weighted by atomic mass is 32.2. The van der Waals surface area contributed by atoms with Crippen molar-refractivity contribution in [1.29, 1.82) is 0 Å². The molecule has 1 saturated heterocycles. The molecule has 2 aliphatic rings. The largest absolute Gasteiger partial charge is 0.497 e. The molecule has 1 heterocycles. The van der Waals surface area contributed by atoms with Crippen LogP contribution in [0.1, 0.15) is 62.8 Å². The van der Waals surface area contributed by atoms with Crippen LogP contribution in [0.3, 0.4) is 0 Å². The normalized spacial score (nSPS) is 20.6. The van der Waals surface area contributed by atoms with Crippen LogP contribution < -0.4 is 4.74 Å². The smallest absolute Gasteiger partial charge is 0.410 e. The molecule has 0 spiro atoms. The molecule has 2 unspecified atom stereocenters. The summed E-state index contributed by atoms with van der Waals surface area (Å²) in [6.45, 7) is 9.34. The molecule has 1 fully saturated rings. The SMILES string of the molecule is COc1ccc2c(c1)CCC2N(Sc1ccc(C)cc1)C1CCCN(C(=O)OC(C)(C)C)C1. The number of ether oxygens (including phenoxy) is 2. The number of likely N-dealkylation sites (tertiary alicyclic amines) is 1. The van der Waals surface area contributed by atoms with Crippen LogP contribution >= 0.6 is 11.9 Å². The summed E-state index contributed by atoms with van der Waals surface area (Å²) >= 11 is 1.82. The van der Waals surface area contributed by atoms with E-state index in [0.717, 1.165) is 38.0 Å². The third-order valence-electron chi connectivity index (χ3n) is 6.34. The number of benzene rings is 2. The zero-order valence-corrected chi connectivity index (χ0v) is 21.3. The van der Waals surface area contributed by atoms with E-state index in [2.05, 4.69) is 53.7 Å². The van der Waals surface area contributed by atoms with Gasteiger partial charge in [0.05, 0.1) is 7.11 Å². The van der Waals surface area contributed by atoms with E-state index in [4.69, 9.17) is 9.47 Å². The number of carbonyl (C=O) groups excluding carboxylic acids is 1. The maximum atomic E-state index is 12.8. The van der Waals surface area contributed by atoms with Crippen LogP contribution in [0.2, 0.25) is 0 Å². The number of fused-ring (bicyclic) bond motifs is 1. The number of hydrogen-bond donors (Lipinski definition) is 0. The van der Waals surface area contributed by atoms with Gasteiger partial charge in [-0.25, -0.2) is 9.10 Å². The van der Waals surface area contributed by atoms with E-state index >= 15 is 0 Å². The molecule has 2 aromatic carbocycles. The maximum Gasteiger partial charge on any atom is 0.410 e. The lowest BCUT2D eigenvalue weighted by atomic mass is 10.0. The molecule has 1 amide bonds. The Hall–Kier alpha value is -2.18. The van der Waals surface area contributed by atoms with Crippen LogP contribution in [0.25, 0.3) is 0 Å². The molecule has 33 heavy (non-hydrogen) atoms. The monoisotopic (exact) mass is 468 g/mol. The zero-order chi connectivity index (χ0) is 23.6. The number of aryl methyl sites for hydroxylation is 2. The number of carbonyl (C=O) groups is 1. The summed E-state index contributed by atoms with van der Waals surface area (Å²) in [6, 6.07) is 15.8. The molecule has 1 aliphatic heterocycles. The first-order chi connectivity index (χ1) is 15.7. The van der Waals surface area contributed by atoms with Gasteiger partial charge in [0.25, 0.3) is 0 Å². The van der Waals surface area contributed by atoms with Gasteiger partial charge in [0.15, 0.2) is 0 Å². The van der Waals surface area contributed by atoms with Crippen LogP contribution in [0.5, 0.6) is 5.75 Å². The van der Waals surface area contributed by atoms with Crippen molar-refractivity contribution in [3.8, 4) is 5.75 Å². The summed E-state index contributed by atoms with van der Waals surface area (Å²) in [5.74, 6) is 0.918. The average molecular weight is 469 g/mol. The number of rotatable bonds is 5. The second kappa shape index (κ2) is 9.98. The lowest BCUT2D eigenvalue weighted by molar-refractivity contribution is 0.0145. The summed E-state index contributed by atoms with van der Waals surface area (Å²) < 4.78 is 13.7. The highest BCUT2D eigenvalue weighted by Crippen LogP contribution is 2.44. The molecule has 178 valence electrons. The lowest BCUT2D eigenvalue weighted by Gasteiger charge is -2.41. The highest BCUT2D eigenvalue weighted by molar-refractivity contribution is 7.97. The molecule has 0 aromatic heterocycles. The average Bonchev–Trinajstić information content (AvgIpc) is 3.20. The predicted molar refractivity (Wildman–Crippen MR) is 134 cm³/mol. The van der Waals surface area contributed by atoms with Crippen LogP contribution in [-0.2, 0) is 11.2 Å². The predicted octanol–water partition coefficient (Wildman–Crippen LogP) is 6.40. The maximum absolute atomic E-state index is 12.8. The second-order valence-electron chi connectivity index (χ2n) is 10.1. The Morgan fingerprint density at radius 2 is 1.88 bits per heavy atom. The van der Waals surface area contributed by atoms with E-state index in [-0.39, 0.29) is 12.1 Å². The molecule has 1 aliphatic carbocycles. The van der Waals surface area contributed by atoms with Gasteiger partial charge in [0.2, 0.25) is 0 Å². The molecule has 2 aromatic rings. The molecule has 5 nitrogen and oxygen atoms in total. The van der Waals surface area contributed by atoms with Crippen LogP contribution in [0.4, 0.5) is 4.79 Å². The number of methoxy groups -OCH3 is 1. The summed E-state index contributed by atoms with van der Waals surface area (Å²) in [5.41, 5.74) is 3.53. The minimum atomic E-state index is -0.482. The van der Waals surface area contributed by atoms with Gasteiger partial charge in [0, 0.05) is 30.1 Å². The Labute approximate surface area is 202 Å². The third-order valence-corrected chi connectivity index (χ3v) is 7.59. The molecule has 0 bridgehead atoms. The Kier molecular flexibility index (Phi) is 7.25.